The fourth-order valence-electron chi connectivity index (χ4n) is 3.27. The van der Waals surface area contributed by atoms with E-state index in [4.69, 9.17) is 0 Å². The lowest BCUT2D eigenvalue weighted by Crippen LogP contribution is -2.52. The molecule has 1 aliphatic heterocycles. The van der Waals surface area contributed by atoms with Gasteiger partial charge in [-0.25, -0.2) is 4.79 Å². The Hall–Kier alpha value is -2.02. The van der Waals surface area contributed by atoms with Crippen LogP contribution in [0.2, 0.25) is 0 Å². The van der Waals surface area contributed by atoms with Gasteiger partial charge in [-0.1, -0.05) is 37.3 Å². The van der Waals surface area contributed by atoms with Crippen molar-refractivity contribution >= 4 is 30.4 Å². The molecule has 0 spiro atoms. The first-order valence-corrected chi connectivity index (χ1v) is 9.38. The number of likely N-dealkylation sites (tertiary alicyclic amines) is 1. The van der Waals surface area contributed by atoms with E-state index in [1.807, 2.05) is 37.3 Å². The number of amides is 2. The van der Waals surface area contributed by atoms with Crippen molar-refractivity contribution in [2.75, 3.05) is 6.54 Å². The zero-order valence-electron chi connectivity index (χ0n) is 15.1. The maximum absolute atomic E-state index is 12.7. The average molecular weight is 378 g/mol. The zero-order valence-corrected chi connectivity index (χ0v) is 16.0. The Morgan fingerprint density at radius 3 is 2.50 bits per heavy atom. The average Bonchev–Trinajstić information content (AvgIpc) is 3.09. The largest absolute Gasteiger partial charge is 0.480 e. The zero-order chi connectivity index (χ0) is 19.3. The van der Waals surface area contributed by atoms with Gasteiger partial charge in [0.05, 0.1) is 5.92 Å². The van der Waals surface area contributed by atoms with Gasteiger partial charge in [0.25, 0.3) is 0 Å². The predicted molar refractivity (Wildman–Crippen MR) is 102 cm³/mol. The lowest BCUT2D eigenvalue weighted by atomic mass is 9.95. The van der Waals surface area contributed by atoms with Crippen LogP contribution in [0.5, 0.6) is 0 Å². The summed E-state index contributed by atoms with van der Waals surface area (Å²) in [4.78, 5) is 37.9. The molecule has 1 aliphatic rings. The van der Waals surface area contributed by atoms with Crippen LogP contribution in [0.3, 0.4) is 0 Å². The van der Waals surface area contributed by atoms with Gasteiger partial charge in [0, 0.05) is 11.8 Å². The summed E-state index contributed by atoms with van der Waals surface area (Å²) in [5, 5.41) is 11.8. The number of hydrogen-bond donors (Lipinski definition) is 3. The van der Waals surface area contributed by atoms with Crippen LogP contribution >= 0.6 is 12.6 Å². The summed E-state index contributed by atoms with van der Waals surface area (Å²) in [6.07, 6.45) is 1.64. The molecule has 0 unspecified atom stereocenters. The van der Waals surface area contributed by atoms with Crippen molar-refractivity contribution in [3.05, 3.63) is 35.9 Å². The second kappa shape index (κ2) is 9.07. The number of hydrogen-bond acceptors (Lipinski definition) is 4. The third-order valence-electron chi connectivity index (χ3n) is 4.77. The molecule has 142 valence electrons. The highest BCUT2D eigenvalue weighted by Gasteiger charge is 2.36. The highest BCUT2D eigenvalue weighted by atomic mass is 32.1. The van der Waals surface area contributed by atoms with E-state index in [1.165, 1.54) is 4.90 Å². The van der Waals surface area contributed by atoms with Crippen molar-refractivity contribution in [1.29, 1.82) is 0 Å². The van der Waals surface area contributed by atoms with E-state index in [2.05, 4.69) is 17.9 Å². The third-order valence-corrected chi connectivity index (χ3v) is 5.13. The van der Waals surface area contributed by atoms with E-state index in [-0.39, 0.29) is 23.0 Å². The van der Waals surface area contributed by atoms with E-state index in [1.54, 1.807) is 6.92 Å². The molecule has 7 heteroatoms. The van der Waals surface area contributed by atoms with Gasteiger partial charge < -0.3 is 15.3 Å². The normalized spacial score (nSPS) is 20.3. The molecule has 1 heterocycles. The number of carbonyl (C=O) groups excluding carboxylic acids is 2. The van der Waals surface area contributed by atoms with E-state index >= 15 is 0 Å². The summed E-state index contributed by atoms with van der Waals surface area (Å²) in [5.41, 5.74) is 1.03. The van der Waals surface area contributed by atoms with Crippen LogP contribution in [-0.4, -0.2) is 51.7 Å². The van der Waals surface area contributed by atoms with E-state index < -0.39 is 18.1 Å². The van der Waals surface area contributed by atoms with Gasteiger partial charge in [-0.05, 0) is 31.7 Å². The molecule has 1 aromatic rings. The Bertz CT molecular complexity index is 650. The first-order chi connectivity index (χ1) is 12.3. The van der Waals surface area contributed by atoms with Crippen LogP contribution in [0, 0.1) is 5.92 Å². The number of thiol groups is 1. The number of nitrogens with one attached hydrogen (secondary N) is 1. The second-order valence-electron chi connectivity index (χ2n) is 6.79. The SMILES string of the molecule is C[C@H](NC(=O)[C@H](Cc1ccccc1)[C@@H](C)S)C(=O)N1CCC[C@H]1C(=O)O. The van der Waals surface area contributed by atoms with Gasteiger partial charge in [0.15, 0.2) is 0 Å². The summed E-state index contributed by atoms with van der Waals surface area (Å²) < 4.78 is 0. The van der Waals surface area contributed by atoms with Crippen molar-refractivity contribution in [3.63, 3.8) is 0 Å². The summed E-state index contributed by atoms with van der Waals surface area (Å²) in [6.45, 7) is 3.86. The van der Waals surface area contributed by atoms with E-state index in [0.29, 0.717) is 25.8 Å². The molecule has 26 heavy (non-hydrogen) atoms. The fraction of sp³-hybridized carbons (Fsp3) is 0.526. The third kappa shape index (κ3) is 5.00. The van der Waals surface area contributed by atoms with Gasteiger partial charge >= 0.3 is 5.97 Å². The molecule has 0 radical (unpaired) electrons. The van der Waals surface area contributed by atoms with E-state index in [9.17, 15) is 19.5 Å². The van der Waals surface area contributed by atoms with Crippen LogP contribution in [0.4, 0.5) is 0 Å². The minimum absolute atomic E-state index is 0.184. The topological polar surface area (TPSA) is 86.7 Å². The van der Waals surface area contributed by atoms with Crippen molar-refractivity contribution < 1.29 is 19.5 Å². The first-order valence-electron chi connectivity index (χ1n) is 8.87. The van der Waals surface area contributed by atoms with Crippen molar-refractivity contribution in [2.24, 2.45) is 5.92 Å². The van der Waals surface area contributed by atoms with Crippen LogP contribution in [0.25, 0.3) is 0 Å². The Morgan fingerprint density at radius 2 is 1.92 bits per heavy atom. The standard InChI is InChI=1S/C19H26N2O4S/c1-12(18(23)21-10-6-9-16(21)19(24)25)20-17(22)15(13(2)26)11-14-7-4-3-5-8-14/h3-5,7-8,12-13,15-16,26H,6,9-11H2,1-2H3,(H,20,22)(H,24,25)/t12-,13+,15+,16-/m0/s1. The van der Waals surface area contributed by atoms with Gasteiger partial charge in [-0.2, -0.15) is 12.6 Å². The summed E-state index contributed by atoms with van der Waals surface area (Å²) >= 11 is 4.43. The Morgan fingerprint density at radius 1 is 1.27 bits per heavy atom. The minimum Gasteiger partial charge on any atom is -0.480 e. The molecule has 2 N–H and O–H groups in total. The highest BCUT2D eigenvalue weighted by molar-refractivity contribution is 7.81. The molecule has 1 aromatic carbocycles. The molecule has 0 bridgehead atoms. The molecule has 4 atom stereocenters. The molecule has 0 saturated carbocycles. The molecule has 1 fully saturated rings. The maximum atomic E-state index is 12.7. The van der Waals surface area contributed by atoms with Crippen molar-refractivity contribution in [3.8, 4) is 0 Å². The van der Waals surface area contributed by atoms with E-state index in [0.717, 1.165) is 5.56 Å². The van der Waals surface area contributed by atoms with Crippen LogP contribution in [0.1, 0.15) is 32.3 Å². The first kappa shape index (κ1) is 20.3. The van der Waals surface area contributed by atoms with Crippen molar-refractivity contribution in [2.45, 2.75) is 50.4 Å². The molecular weight excluding hydrogens is 352 g/mol. The molecule has 0 aliphatic carbocycles. The summed E-state index contributed by atoms with van der Waals surface area (Å²) in [5.74, 6) is -1.98. The lowest BCUT2D eigenvalue weighted by molar-refractivity contribution is -0.149. The van der Waals surface area contributed by atoms with Gasteiger partial charge in [-0.15, -0.1) is 0 Å². The molecule has 6 nitrogen and oxygen atoms in total. The van der Waals surface area contributed by atoms with Crippen LogP contribution < -0.4 is 5.32 Å². The number of carboxylic acids is 1. The smallest absolute Gasteiger partial charge is 0.326 e. The minimum atomic E-state index is -1.000. The number of carbonyl (C=O) groups is 3. The molecular formula is C19H26N2O4S. The molecule has 0 aromatic heterocycles. The maximum Gasteiger partial charge on any atom is 0.326 e. The van der Waals surface area contributed by atoms with Gasteiger partial charge in [0.1, 0.15) is 12.1 Å². The summed E-state index contributed by atoms with van der Waals surface area (Å²) in [6, 6.07) is 8.08. The number of benzene rings is 1. The number of aliphatic carboxylic acids is 1. The molecule has 1 saturated heterocycles. The fourth-order valence-corrected chi connectivity index (χ4v) is 3.51. The second-order valence-corrected chi connectivity index (χ2v) is 7.61. The highest BCUT2D eigenvalue weighted by Crippen LogP contribution is 2.20. The van der Waals surface area contributed by atoms with Crippen LogP contribution in [0.15, 0.2) is 30.3 Å². The number of carboxylic acid groups (broad SMARTS) is 1. The monoisotopic (exact) mass is 378 g/mol. The predicted octanol–water partition coefficient (Wildman–Crippen LogP) is 1.74. The van der Waals surface area contributed by atoms with Crippen LogP contribution in [-0.2, 0) is 20.8 Å². The molecule has 2 rings (SSSR count). The Kier molecular flexibility index (Phi) is 7.08. The molecule has 2 amide bonds. The lowest BCUT2D eigenvalue weighted by Gasteiger charge is -2.27. The quantitative estimate of drug-likeness (QED) is 0.631. The van der Waals surface area contributed by atoms with Gasteiger partial charge in [0.2, 0.25) is 11.8 Å². The number of rotatable bonds is 7. The Balaban J connectivity index is 2.01. The Labute approximate surface area is 159 Å². The summed E-state index contributed by atoms with van der Waals surface area (Å²) in [7, 11) is 0. The number of nitrogens with zero attached hydrogens (tertiary/aromatic N) is 1. The van der Waals surface area contributed by atoms with Gasteiger partial charge in [-0.3, -0.25) is 9.59 Å². The van der Waals surface area contributed by atoms with Crippen molar-refractivity contribution in [1.82, 2.24) is 10.2 Å².